The SMILES string of the molecule is COc1cc(Oc2cnc(C)nc2N)c(C2CC2)cn1. The van der Waals surface area contributed by atoms with Crippen molar-refractivity contribution in [1.82, 2.24) is 15.0 Å². The van der Waals surface area contributed by atoms with Gasteiger partial charge in [0.25, 0.3) is 0 Å². The zero-order valence-electron chi connectivity index (χ0n) is 11.5. The number of nitrogen functional groups attached to an aromatic ring is 1. The summed E-state index contributed by atoms with van der Waals surface area (Å²) in [5.74, 6) is 3.12. The van der Waals surface area contributed by atoms with E-state index in [1.165, 1.54) is 0 Å². The molecule has 0 aliphatic heterocycles. The Morgan fingerprint density at radius 2 is 2.00 bits per heavy atom. The fraction of sp³-hybridized carbons (Fsp3) is 0.357. The van der Waals surface area contributed by atoms with Gasteiger partial charge in [-0.15, -0.1) is 0 Å². The van der Waals surface area contributed by atoms with E-state index in [1.54, 1.807) is 32.5 Å². The number of hydrogen-bond acceptors (Lipinski definition) is 6. The van der Waals surface area contributed by atoms with Gasteiger partial charge in [-0.1, -0.05) is 0 Å². The number of methoxy groups -OCH3 is 1. The van der Waals surface area contributed by atoms with Crippen molar-refractivity contribution in [2.75, 3.05) is 12.8 Å². The molecule has 1 fully saturated rings. The molecule has 20 heavy (non-hydrogen) atoms. The normalized spacial score (nSPS) is 14.1. The summed E-state index contributed by atoms with van der Waals surface area (Å²) in [4.78, 5) is 12.4. The van der Waals surface area contributed by atoms with Crippen molar-refractivity contribution in [2.24, 2.45) is 0 Å². The highest BCUT2D eigenvalue weighted by Crippen LogP contribution is 2.45. The van der Waals surface area contributed by atoms with Crippen LogP contribution in [0.1, 0.15) is 30.1 Å². The molecule has 0 aromatic carbocycles. The van der Waals surface area contributed by atoms with Crippen LogP contribution in [0.2, 0.25) is 0 Å². The lowest BCUT2D eigenvalue weighted by Gasteiger charge is -2.12. The topological polar surface area (TPSA) is 83.2 Å². The molecule has 1 saturated carbocycles. The zero-order chi connectivity index (χ0) is 14.1. The summed E-state index contributed by atoms with van der Waals surface area (Å²) in [7, 11) is 1.58. The molecule has 0 bridgehead atoms. The summed E-state index contributed by atoms with van der Waals surface area (Å²) in [5.41, 5.74) is 6.93. The second-order valence-corrected chi connectivity index (χ2v) is 4.81. The van der Waals surface area contributed by atoms with E-state index in [-0.39, 0.29) is 0 Å². The number of nitrogens with zero attached hydrogens (tertiary/aromatic N) is 3. The third-order valence-electron chi connectivity index (χ3n) is 3.22. The lowest BCUT2D eigenvalue weighted by Crippen LogP contribution is -2.01. The maximum atomic E-state index is 5.87. The molecule has 2 aromatic rings. The van der Waals surface area contributed by atoms with Gasteiger partial charge in [0.05, 0.1) is 13.3 Å². The van der Waals surface area contributed by atoms with Crippen LogP contribution in [0.25, 0.3) is 0 Å². The van der Waals surface area contributed by atoms with Gasteiger partial charge in [-0.05, 0) is 25.7 Å². The predicted molar refractivity (Wildman–Crippen MR) is 74.0 cm³/mol. The van der Waals surface area contributed by atoms with E-state index in [0.29, 0.717) is 34.9 Å². The molecule has 0 unspecified atom stereocenters. The molecule has 2 heterocycles. The van der Waals surface area contributed by atoms with E-state index in [0.717, 1.165) is 18.4 Å². The lowest BCUT2D eigenvalue weighted by atomic mass is 10.2. The smallest absolute Gasteiger partial charge is 0.216 e. The van der Waals surface area contributed by atoms with E-state index in [1.807, 2.05) is 0 Å². The summed E-state index contributed by atoms with van der Waals surface area (Å²) < 4.78 is 11.0. The molecule has 6 nitrogen and oxygen atoms in total. The van der Waals surface area contributed by atoms with E-state index >= 15 is 0 Å². The van der Waals surface area contributed by atoms with Crippen LogP contribution in [-0.4, -0.2) is 22.1 Å². The Kier molecular flexibility index (Phi) is 3.14. The van der Waals surface area contributed by atoms with Crippen LogP contribution in [0.5, 0.6) is 17.4 Å². The highest BCUT2D eigenvalue weighted by molar-refractivity contribution is 5.49. The second-order valence-electron chi connectivity index (χ2n) is 4.81. The van der Waals surface area contributed by atoms with Gasteiger partial charge in [0.15, 0.2) is 11.6 Å². The largest absolute Gasteiger partial charge is 0.481 e. The number of aryl methyl sites for hydroxylation is 1. The quantitative estimate of drug-likeness (QED) is 0.920. The third kappa shape index (κ3) is 2.49. The van der Waals surface area contributed by atoms with Gasteiger partial charge in [-0.3, -0.25) is 0 Å². The molecular weight excluding hydrogens is 256 g/mol. The molecule has 0 atom stereocenters. The predicted octanol–water partition coefficient (Wildman–Crippen LogP) is 2.44. The summed E-state index contributed by atoms with van der Waals surface area (Å²) in [6.07, 6.45) is 5.70. The van der Waals surface area contributed by atoms with Gasteiger partial charge in [-0.2, -0.15) is 0 Å². The molecule has 1 aliphatic carbocycles. The van der Waals surface area contributed by atoms with Crippen LogP contribution in [0, 0.1) is 6.92 Å². The molecule has 1 aliphatic rings. The van der Waals surface area contributed by atoms with Crippen molar-refractivity contribution in [3.05, 3.63) is 29.8 Å². The lowest BCUT2D eigenvalue weighted by molar-refractivity contribution is 0.391. The van der Waals surface area contributed by atoms with Crippen LogP contribution in [0.3, 0.4) is 0 Å². The first kappa shape index (κ1) is 12.7. The molecule has 0 amide bonds. The summed E-state index contributed by atoms with van der Waals surface area (Å²) in [6.45, 7) is 1.78. The summed E-state index contributed by atoms with van der Waals surface area (Å²) >= 11 is 0. The molecule has 3 rings (SSSR count). The second kappa shape index (κ2) is 4.96. The first-order chi connectivity index (χ1) is 9.67. The molecule has 0 spiro atoms. The average molecular weight is 272 g/mol. The van der Waals surface area contributed by atoms with Crippen molar-refractivity contribution >= 4 is 5.82 Å². The van der Waals surface area contributed by atoms with Crippen LogP contribution >= 0.6 is 0 Å². The Morgan fingerprint density at radius 3 is 2.65 bits per heavy atom. The Morgan fingerprint density at radius 1 is 1.20 bits per heavy atom. The standard InChI is InChI=1S/C14H16N4O2/c1-8-16-7-12(14(15)18-8)20-11-5-13(19-2)17-6-10(11)9-3-4-9/h5-7,9H,3-4H2,1-2H3,(H2,15,16,18). The molecule has 2 aromatic heterocycles. The Hall–Kier alpha value is -2.37. The maximum absolute atomic E-state index is 5.87. The first-order valence-electron chi connectivity index (χ1n) is 6.48. The average Bonchev–Trinajstić information content (AvgIpc) is 3.26. The zero-order valence-corrected chi connectivity index (χ0v) is 11.5. The Labute approximate surface area is 117 Å². The van der Waals surface area contributed by atoms with Crippen molar-refractivity contribution in [1.29, 1.82) is 0 Å². The highest BCUT2D eigenvalue weighted by Gasteiger charge is 2.28. The number of nitrogens with two attached hydrogens (primary N) is 1. The van der Waals surface area contributed by atoms with Crippen LogP contribution < -0.4 is 15.2 Å². The maximum Gasteiger partial charge on any atom is 0.216 e. The Bertz CT molecular complexity index is 641. The van der Waals surface area contributed by atoms with Crippen LogP contribution in [0.4, 0.5) is 5.82 Å². The van der Waals surface area contributed by atoms with Gasteiger partial charge in [0.1, 0.15) is 11.6 Å². The van der Waals surface area contributed by atoms with Crippen molar-refractivity contribution in [3.8, 4) is 17.4 Å². The van der Waals surface area contributed by atoms with E-state index < -0.39 is 0 Å². The fourth-order valence-electron chi connectivity index (χ4n) is 2.00. The Balaban J connectivity index is 1.95. The number of rotatable bonds is 4. The molecule has 0 saturated heterocycles. The van der Waals surface area contributed by atoms with Crippen LogP contribution in [0.15, 0.2) is 18.5 Å². The number of aromatic nitrogens is 3. The first-order valence-corrected chi connectivity index (χ1v) is 6.48. The van der Waals surface area contributed by atoms with E-state index in [9.17, 15) is 0 Å². The minimum absolute atomic E-state index is 0.329. The summed E-state index contributed by atoms with van der Waals surface area (Å²) in [5, 5.41) is 0. The van der Waals surface area contributed by atoms with Gasteiger partial charge in [0.2, 0.25) is 5.88 Å². The minimum atomic E-state index is 0.329. The van der Waals surface area contributed by atoms with Crippen molar-refractivity contribution in [2.45, 2.75) is 25.7 Å². The number of hydrogen-bond donors (Lipinski definition) is 1. The minimum Gasteiger partial charge on any atom is -0.481 e. The third-order valence-corrected chi connectivity index (χ3v) is 3.22. The summed E-state index contributed by atoms with van der Waals surface area (Å²) in [6, 6.07) is 1.77. The monoisotopic (exact) mass is 272 g/mol. The molecule has 0 radical (unpaired) electrons. The number of anilines is 1. The number of pyridine rings is 1. The van der Waals surface area contributed by atoms with E-state index in [2.05, 4.69) is 15.0 Å². The van der Waals surface area contributed by atoms with Gasteiger partial charge in [0, 0.05) is 17.8 Å². The molecule has 6 heteroatoms. The molecule has 2 N–H and O–H groups in total. The van der Waals surface area contributed by atoms with Crippen LogP contribution in [-0.2, 0) is 0 Å². The fourth-order valence-corrected chi connectivity index (χ4v) is 2.00. The van der Waals surface area contributed by atoms with Gasteiger partial charge >= 0.3 is 0 Å². The van der Waals surface area contributed by atoms with E-state index in [4.69, 9.17) is 15.2 Å². The van der Waals surface area contributed by atoms with Gasteiger partial charge in [-0.25, -0.2) is 15.0 Å². The van der Waals surface area contributed by atoms with Crippen molar-refractivity contribution < 1.29 is 9.47 Å². The van der Waals surface area contributed by atoms with Gasteiger partial charge < -0.3 is 15.2 Å². The highest BCUT2D eigenvalue weighted by atomic mass is 16.5. The molecule has 104 valence electrons. The van der Waals surface area contributed by atoms with Crippen molar-refractivity contribution in [3.63, 3.8) is 0 Å². The molecular formula is C14H16N4O2. The number of ether oxygens (including phenoxy) is 2.